The lowest BCUT2D eigenvalue weighted by molar-refractivity contribution is -0.118. The van der Waals surface area contributed by atoms with Crippen LogP contribution in [0.3, 0.4) is 0 Å². The largest absolute Gasteiger partial charge is 0.293 e. The van der Waals surface area contributed by atoms with Gasteiger partial charge in [0, 0.05) is 10.8 Å². The number of carbonyl (C=O) groups is 1. The zero-order valence-corrected chi connectivity index (χ0v) is 10.6. The number of anilines is 1. The van der Waals surface area contributed by atoms with Crippen molar-refractivity contribution in [2.45, 2.75) is 27.7 Å². The topological polar surface area (TPSA) is 59.3 Å². The number of amides is 1. The predicted octanol–water partition coefficient (Wildman–Crippen LogP) is 2.00. The molecule has 2 aromatic heterocycles. The van der Waals surface area contributed by atoms with Crippen molar-refractivity contribution in [3.8, 4) is 0 Å². The molecule has 2 aromatic rings. The van der Waals surface area contributed by atoms with E-state index in [1.54, 1.807) is 15.9 Å². The van der Waals surface area contributed by atoms with Gasteiger partial charge in [-0.2, -0.15) is 4.98 Å². The highest BCUT2D eigenvalue weighted by Gasteiger charge is 2.13. The van der Waals surface area contributed by atoms with Crippen molar-refractivity contribution in [1.82, 2.24) is 14.6 Å². The van der Waals surface area contributed by atoms with Crippen LogP contribution < -0.4 is 5.32 Å². The number of fused-ring (bicyclic) bond motifs is 1. The standard InChI is InChI=1S/C10H14N4OS/c1-5(2)8(15)11-9-12-10-14(13-9)6(3)7(4)16-10/h5H,1-4H3,(H,11,13,15). The zero-order chi connectivity index (χ0) is 11.9. The molecule has 0 radical (unpaired) electrons. The summed E-state index contributed by atoms with van der Waals surface area (Å²) in [6, 6.07) is 0. The Morgan fingerprint density at radius 3 is 2.69 bits per heavy atom. The van der Waals surface area contributed by atoms with Gasteiger partial charge >= 0.3 is 0 Å². The summed E-state index contributed by atoms with van der Waals surface area (Å²) >= 11 is 1.57. The molecule has 86 valence electrons. The quantitative estimate of drug-likeness (QED) is 0.870. The van der Waals surface area contributed by atoms with E-state index in [9.17, 15) is 4.79 Å². The number of aryl methyl sites for hydroxylation is 2. The van der Waals surface area contributed by atoms with Crippen LogP contribution in [-0.2, 0) is 4.79 Å². The van der Waals surface area contributed by atoms with Crippen LogP contribution in [0.25, 0.3) is 4.96 Å². The third-order valence-electron chi connectivity index (χ3n) is 2.41. The number of hydrogen-bond donors (Lipinski definition) is 1. The normalized spacial score (nSPS) is 11.3. The van der Waals surface area contributed by atoms with Gasteiger partial charge in [-0.15, -0.1) is 5.10 Å². The van der Waals surface area contributed by atoms with Crippen LogP contribution in [0.15, 0.2) is 0 Å². The molecule has 5 nitrogen and oxygen atoms in total. The summed E-state index contributed by atoms with van der Waals surface area (Å²) in [6.07, 6.45) is 0. The maximum Gasteiger partial charge on any atom is 0.250 e. The van der Waals surface area contributed by atoms with E-state index in [2.05, 4.69) is 15.4 Å². The first-order valence-electron chi connectivity index (χ1n) is 5.12. The van der Waals surface area contributed by atoms with Gasteiger partial charge in [-0.25, -0.2) is 4.52 Å². The Hall–Kier alpha value is -1.43. The molecule has 0 aliphatic carbocycles. The maximum absolute atomic E-state index is 11.5. The van der Waals surface area contributed by atoms with Crippen molar-refractivity contribution in [1.29, 1.82) is 0 Å². The lowest BCUT2D eigenvalue weighted by atomic mass is 10.2. The molecule has 0 saturated heterocycles. The van der Waals surface area contributed by atoms with Gasteiger partial charge in [0.05, 0.1) is 5.69 Å². The van der Waals surface area contributed by atoms with Crippen molar-refractivity contribution in [2.75, 3.05) is 5.32 Å². The smallest absolute Gasteiger partial charge is 0.250 e. The summed E-state index contributed by atoms with van der Waals surface area (Å²) in [7, 11) is 0. The first-order valence-corrected chi connectivity index (χ1v) is 5.94. The van der Waals surface area contributed by atoms with Gasteiger partial charge in [-0.05, 0) is 13.8 Å². The Kier molecular flexibility index (Phi) is 2.67. The fraction of sp³-hybridized carbons (Fsp3) is 0.500. The van der Waals surface area contributed by atoms with Crippen LogP contribution >= 0.6 is 11.3 Å². The first-order chi connectivity index (χ1) is 7.49. The van der Waals surface area contributed by atoms with Crippen LogP contribution in [0.5, 0.6) is 0 Å². The Morgan fingerprint density at radius 2 is 2.12 bits per heavy atom. The van der Waals surface area contributed by atoms with Crippen molar-refractivity contribution in [3.05, 3.63) is 10.6 Å². The van der Waals surface area contributed by atoms with Crippen LogP contribution in [0.4, 0.5) is 5.95 Å². The van der Waals surface area contributed by atoms with Gasteiger partial charge in [0.15, 0.2) is 0 Å². The van der Waals surface area contributed by atoms with Crippen LogP contribution in [0, 0.1) is 19.8 Å². The number of nitrogens with zero attached hydrogens (tertiary/aromatic N) is 3. The summed E-state index contributed by atoms with van der Waals surface area (Å²) in [4.78, 5) is 17.7. The highest BCUT2D eigenvalue weighted by molar-refractivity contribution is 7.17. The molecule has 0 saturated carbocycles. The summed E-state index contributed by atoms with van der Waals surface area (Å²) in [5, 5.41) is 6.93. The molecule has 0 bridgehead atoms. The van der Waals surface area contributed by atoms with E-state index in [4.69, 9.17) is 0 Å². The van der Waals surface area contributed by atoms with E-state index in [0.717, 1.165) is 10.7 Å². The molecule has 0 spiro atoms. The molecule has 0 aromatic carbocycles. The molecular weight excluding hydrogens is 224 g/mol. The molecule has 0 aliphatic rings. The molecule has 1 amide bonds. The molecule has 2 heterocycles. The van der Waals surface area contributed by atoms with E-state index < -0.39 is 0 Å². The molecule has 0 aliphatic heterocycles. The Bertz CT molecular complexity index is 540. The van der Waals surface area contributed by atoms with E-state index in [1.807, 2.05) is 27.7 Å². The molecule has 0 unspecified atom stereocenters. The van der Waals surface area contributed by atoms with E-state index >= 15 is 0 Å². The number of thiazole rings is 1. The Morgan fingerprint density at radius 1 is 1.44 bits per heavy atom. The molecule has 1 N–H and O–H groups in total. The van der Waals surface area contributed by atoms with Crippen molar-refractivity contribution in [2.24, 2.45) is 5.92 Å². The summed E-state index contributed by atoms with van der Waals surface area (Å²) < 4.78 is 1.76. The fourth-order valence-corrected chi connectivity index (χ4v) is 2.15. The highest BCUT2D eigenvalue weighted by atomic mass is 32.1. The molecule has 2 rings (SSSR count). The number of rotatable bonds is 2. The van der Waals surface area contributed by atoms with Crippen LogP contribution in [0.2, 0.25) is 0 Å². The second kappa shape index (κ2) is 3.86. The maximum atomic E-state index is 11.5. The molecule has 16 heavy (non-hydrogen) atoms. The second-order valence-electron chi connectivity index (χ2n) is 4.02. The van der Waals surface area contributed by atoms with E-state index in [0.29, 0.717) is 5.95 Å². The highest BCUT2D eigenvalue weighted by Crippen LogP contribution is 2.21. The van der Waals surface area contributed by atoms with E-state index in [-0.39, 0.29) is 11.8 Å². The first kappa shape index (κ1) is 11.1. The molecule has 0 atom stereocenters. The van der Waals surface area contributed by atoms with Gasteiger partial charge in [0.1, 0.15) is 0 Å². The monoisotopic (exact) mass is 238 g/mol. The van der Waals surface area contributed by atoms with Crippen LogP contribution in [-0.4, -0.2) is 20.5 Å². The van der Waals surface area contributed by atoms with Gasteiger partial charge in [-0.1, -0.05) is 25.2 Å². The van der Waals surface area contributed by atoms with Gasteiger partial charge in [-0.3, -0.25) is 10.1 Å². The van der Waals surface area contributed by atoms with E-state index in [1.165, 1.54) is 4.88 Å². The fourth-order valence-electron chi connectivity index (χ4n) is 1.25. The average Bonchev–Trinajstić information content (AvgIpc) is 2.68. The average molecular weight is 238 g/mol. The molecule has 0 fully saturated rings. The number of hydrogen-bond acceptors (Lipinski definition) is 4. The number of nitrogens with one attached hydrogen (secondary N) is 1. The zero-order valence-electron chi connectivity index (χ0n) is 9.74. The predicted molar refractivity (Wildman–Crippen MR) is 63.8 cm³/mol. The minimum absolute atomic E-state index is 0.0624. The second-order valence-corrected chi connectivity index (χ2v) is 5.20. The Balaban J connectivity index is 2.31. The van der Waals surface area contributed by atoms with Gasteiger partial charge in [0.2, 0.25) is 16.8 Å². The summed E-state index contributed by atoms with van der Waals surface area (Å²) in [5.41, 5.74) is 1.07. The third kappa shape index (κ3) is 1.80. The molecule has 6 heteroatoms. The third-order valence-corrected chi connectivity index (χ3v) is 3.46. The lowest BCUT2D eigenvalue weighted by Gasteiger charge is -2.02. The van der Waals surface area contributed by atoms with Crippen molar-refractivity contribution >= 4 is 28.2 Å². The van der Waals surface area contributed by atoms with Gasteiger partial charge < -0.3 is 0 Å². The lowest BCUT2D eigenvalue weighted by Crippen LogP contribution is -2.18. The summed E-state index contributed by atoms with van der Waals surface area (Å²) in [6.45, 7) is 7.69. The molecular formula is C10H14N4OS. The minimum Gasteiger partial charge on any atom is -0.293 e. The van der Waals surface area contributed by atoms with Crippen molar-refractivity contribution < 1.29 is 4.79 Å². The SMILES string of the molecule is Cc1sc2nc(NC(=O)C(C)C)nn2c1C. The van der Waals surface area contributed by atoms with Crippen molar-refractivity contribution in [3.63, 3.8) is 0 Å². The van der Waals surface area contributed by atoms with Gasteiger partial charge in [0.25, 0.3) is 0 Å². The summed E-state index contributed by atoms with van der Waals surface area (Å²) in [5.74, 6) is 0.255. The number of carbonyl (C=O) groups excluding carboxylic acids is 1. The minimum atomic E-state index is -0.0654. The Labute approximate surface area is 97.5 Å². The number of aromatic nitrogens is 3. The van der Waals surface area contributed by atoms with Crippen LogP contribution in [0.1, 0.15) is 24.4 Å².